The van der Waals surface area contributed by atoms with Crippen LogP contribution in [0.1, 0.15) is 51.3 Å². The molecule has 0 saturated heterocycles. The van der Waals surface area contributed by atoms with Gasteiger partial charge in [-0.2, -0.15) is 0 Å². The smallest absolute Gasteiger partial charge is 0.151 e. The molecule has 3 heteroatoms. The van der Waals surface area contributed by atoms with Crippen molar-refractivity contribution < 1.29 is 4.74 Å². The van der Waals surface area contributed by atoms with Gasteiger partial charge in [-0.1, -0.05) is 107 Å². The maximum absolute atomic E-state index is 6.21. The van der Waals surface area contributed by atoms with E-state index >= 15 is 0 Å². The van der Waals surface area contributed by atoms with Gasteiger partial charge < -0.3 is 9.64 Å². The second-order valence-corrected chi connectivity index (χ2v) is 13.5. The Kier molecular flexibility index (Phi) is 6.77. The summed E-state index contributed by atoms with van der Waals surface area (Å²) < 4.78 is 6.21. The van der Waals surface area contributed by atoms with Crippen LogP contribution >= 0.6 is 0 Å². The van der Waals surface area contributed by atoms with Crippen molar-refractivity contribution in [2.75, 3.05) is 4.90 Å². The number of benzene rings is 5. The molecule has 3 nitrogen and oxygen atoms in total. The van der Waals surface area contributed by atoms with Crippen molar-refractivity contribution in [2.24, 2.45) is 0 Å². The lowest BCUT2D eigenvalue weighted by Gasteiger charge is -2.33. The standard InChI is InChI=1S/C41H38N2O/c1-40(2,3)31-13-10-12-29(25-31)33-14-11-15-35-34(33)24-28(27-42-35)26-41(4,5)30-20-22-32(23-21-30)43-36-16-6-8-18-38(36)44-39-19-9-7-17-37(39)43/h6-25,27H,26H2,1-5H3. The molecule has 0 saturated carbocycles. The van der Waals surface area contributed by atoms with Crippen molar-refractivity contribution in [3.05, 3.63) is 144 Å². The molecule has 1 aromatic heterocycles. The average molecular weight is 575 g/mol. The molecule has 2 heterocycles. The molecule has 0 radical (unpaired) electrons. The van der Waals surface area contributed by atoms with Crippen molar-refractivity contribution in [1.29, 1.82) is 0 Å². The molecular formula is C41H38N2O. The minimum atomic E-state index is -0.0875. The van der Waals surface area contributed by atoms with E-state index in [0.717, 1.165) is 40.5 Å². The number of nitrogens with zero attached hydrogens (tertiary/aromatic N) is 2. The van der Waals surface area contributed by atoms with E-state index in [1.54, 1.807) is 0 Å². The average Bonchev–Trinajstić information content (AvgIpc) is 3.03. The minimum Gasteiger partial charge on any atom is -0.453 e. The zero-order valence-electron chi connectivity index (χ0n) is 26.1. The normalized spacial score (nSPS) is 12.9. The summed E-state index contributed by atoms with van der Waals surface area (Å²) in [6, 6.07) is 43.2. The van der Waals surface area contributed by atoms with Gasteiger partial charge in [-0.15, -0.1) is 0 Å². The summed E-state index contributed by atoms with van der Waals surface area (Å²) in [5.41, 5.74) is 10.6. The Balaban J connectivity index is 1.20. The van der Waals surface area contributed by atoms with Crippen LogP contribution < -0.4 is 9.64 Å². The van der Waals surface area contributed by atoms with Gasteiger partial charge in [0.25, 0.3) is 0 Å². The summed E-state index contributed by atoms with van der Waals surface area (Å²) in [6.45, 7) is 11.4. The third-order valence-electron chi connectivity index (χ3n) is 8.81. The zero-order valence-corrected chi connectivity index (χ0v) is 26.1. The third-order valence-corrected chi connectivity index (χ3v) is 8.81. The first-order chi connectivity index (χ1) is 21.2. The number of ether oxygens (including phenoxy) is 1. The van der Waals surface area contributed by atoms with Gasteiger partial charge in [-0.3, -0.25) is 4.98 Å². The summed E-state index contributed by atoms with van der Waals surface area (Å²) >= 11 is 0. The van der Waals surface area contributed by atoms with Gasteiger partial charge >= 0.3 is 0 Å². The maximum atomic E-state index is 6.21. The predicted molar refractivity (Wildman–Crippen MR) is 184 cm³/mol. The van der Waals surface area contributed by atoms with Crippen molar-refractivity contribution in [3.8, 4) is 22.6 Å². The third kappa shape index (κ3) is 5.13. The summed E-state index contributed by atoms with van der Waals surface area (Å²) in [5.74, 6) is 1.73. The van der Waals surface area contributed by atoms with Crippen LogP contribution in [0.4, 0.5) is 17.1 Å². The molecule has 0 atom stereocenters. The van der Waals surface area contributed by atoms with E-state index in [1.165, 1.54) is 33.2 Å². The highest BCUT2D eigenvalue weighted by Crippen LogP contribution is 2.50. The number of para-hydroxylation sites is 4. The molecule has 218 valence electrons. The fourth-order valence-electron chi connectivity index (χ4n) is 6.35. The number of anilines is 3. The van der Waals surface area contributed by atoms with E-state index in [1.807, 2.05) is 24.3 Å². The second-order valence-electron chi connectivity index (χ2n) is 13.5. The van der Waals surface area contributed by atoms with E-state index < -0.39 is 0 Å². The molecule has 6 aromatic rings. The summed E-state index contributed by atoms with van der Waals surface area (Å²) in [6.07, 6.45) is 2.93. The van der Waals surface area contributed by atoms with Crippen LogP contribution in [0.3, 0.4) is 0 Å². The summed E-state index contributed by atoms with van der Waals surface area (Å²) in [5, 5.41) is 1.20. The lowest BCUT2D eigenvalue weighted by molar-refractivity contribution is 0.477. The van der Waals surface area contributed by atoms with Crippen LogP contribution in [0.2, 0.25) is 0 Å². The summed E-state index contributed by atoms with van der Waals surface area (Å²) in [4.78, 5) is 7.20. The Hall–Kier alpha value is -4.89. The van der Waals surface area contributed by atoms with E-state index in [2.05, 4.69) is 143 Å². The Morgan fingerprint density at radius 2 is 1.30 bits per heavy atom. The van der Waals surface area contributed by atoms with Crippen LogP contribution in [-0.2, 0) is 17.3 Å². The number of rotatable bonds is 5. The van der Waals surface area contributed by atoms with Crippen molar-refractivity contribution in [1.82, 2.24) is 4.98 Å². The monoisotopic (exact) mass is 574 g/mol. The number of hydrogen-bond donors (Lipinski definition) is 0. The van der Waals surface area contributed by atoms with Crippen LogP contribution in [0.25, 0.3) is 22.0 Å². The number of fused-ring (bicyclic) bond motifs is 3. The predicted octanol–water partition coefficient (Wildman–Crippen LogP) is 11.3. The van der Waals surface area contributed by atoms with Crippen LogP contribution in [0, 0.1) is 0 Å². The molecule has 5 aromatic carbocycles. The number of hydrogen-bond acceptors (Lipinski definition) is 3. The molecule has 1 aliphatic rings. The van der Waals surface area contributed by atoms with Crippen molar-refractivity contribution >= 4 is 28.0 Å². The van der Waals surface area contributed by atoms with Crippen LogP contribution in [0.5, 0.6) is 11.5 Å². The Morgan fingerprint density at radius 3 is 1.98 bits per heavy atom. The SMILES string of the molecule is CC(C)(C)c1cccc(-c2cccc3ncc(CC(C)(C)c4ccc(N5c6ccccc6Oc6ccccc65)cc4)cc23)c1. The fourth-order valence-corrected chi connectivity index (χ4v) is 6.35. The molecule has 0 N–H and O–H groups in total. The van der Waals surface area contributed by atoms with E-state index in [9.17, 15) is 0 Å². The number of aromatic nitrogens is 1. The van der Waals surface area contributed by atoms with Gasteiger partial charge in [-0.05, 0) is 93.6 Å². The van der Waals surface area contributed by atoms with E-state index in [0.29, 0.717) is 0 Å². The maximum Gasteiger partial charge on any atom is 0.151 e. The minimum absolute atomic E-state index is 0.0875. The van der Waals surface area contributed by atoms with Gasteiger partial charge in [0.1, 0.15) is 0 Å². The fraction of sp³-hybridized carbons (Fsp3) is 0.195. The quantitative estimate of drug-likeness (QED) is 0.204. The van der Waals surface area contributed by atoms with Gasteiger partial charge in [0, 0.05) is 17.3 Å². The van der Waals surface area contributed by atoms with Gasteiger partial charge in [-0.25, -0.2) is 0 Å². The molecule has 0 unspecified atom stereocenters. The second kappa shape index (κ2) is 10.7. The molecule has 1 aliphatic heterocycles. The first kappa shape index (κ1) is 27.9. The lowest BCUT2D eigenvalue weighted by atomic mass is 9.79. The van der Waals surface area contributed by atoms with Crippen LogP contribution in [0.15, 0.2) is 128 Å². The lowest BCUT2D eigenvalue weighted by Crippen LogP contribution is -2.21. The molecule has 44 heavy (non-hydrogen) atoms. The highest BCUT2D eigenvalue weighted by Gasteiger charge is 2.27. The first-order valence-electron chi connectivity index (χ1n) is 15.4. The van der Waals surface area contributed by atoms with E-state index in [4.69, 9.17) is 9.72 Å². The Bertz CT molecular complexity index is 1940. The highest BCUT2D eigenvalue weighted by molar-refractivity contribution is 5.95. The topological polar surface area (TPSA) is 25.4 Å². The molecule has 0 fully saturated rings. The van der Waals surface area contributed by atoms with E-state index in [-0.39, 0.29) is 10.8 Å². The first-order valence-corrected chi connectivity index (χ1v) is 15.4. The molecule has 0 aliphatic carbocycles. The Morgan fingerprint density at radius 1 is 0.636 bits per heavy atom. The molecule has 0 bridgehead atoms. The molecule has 7 rings (SSSR count). The molecular weight excluding hydrogens is 536 g/mol. The van der Waals surface area contributed by atoms with Crippen molar-refractivity contribution in [2.45, 2.75) is 51.9 Å². The van der Waals surface area contributed by atoms with Crippen molar-refractivity contribution in [3.63, 3.8) is 0 Å². The number of pyridine rings is 1. The van der Waals surface area contributed by atoms with Gasteiger partial charge in [0.2, 0.25) is 0 Å². The van der Waals surface area contributed by atoms with Gasteiger partial charge in [0.05, 0.1) is 16.9 Å². The zero-order chi connectivity index (χ0) is 30.5. The van der Waals surface area contributed by atoms with Crippen LogP contribution in [-0.4, -0.2) is 4.98 Å². The summed E-state index contributed by atoms with van der Waals surface area (Å²) in [7, 11) is 0. The van der Waals surface area contributed by atoms with Gasteiger partial charge in [0.15, 0.2) is 11.5 Å². The Labute approximate surface area is 260 Å². The molecule has 0 amide bonds. The molecule has 0 spiro atoms. The largest absolute Gasteiger partial charge is 0.453 e. The highest BCUT2D eigenvalue weighted by atomic mass is 16.5.